The number of benzene rings is 1. The molecule has 2 heterocycles. The van der Waals surface area contributed by atoms with E-state index >= 15 is 0 Å². The van der Waals surface area contributed by atoms with Gasteiger partial charge in [0.15, 0.2) is 5.82 Å². The highest BCUT2D eigenvalue weighted by molar-refractivity contribution is 7.58. The predicted octanol–water partition coefficient (Wildman–Crippen LogP) is 2.63. The Kier molecular flexibility index (Phi) is 3.79. The molecule has 0 amide bonds. The smallest absolute Gasteiger partial charge is 0.167 e. The first-order chi connectivity index (χ1) is 10.3. The maximum absolute atomic E-state index is 5.45. The van der Waals surface area contributed by atoms with Crippen molar-refractivity contribution in [1.29, 1.82) is 0 Å². The molecule has 0 unspecified atom stereocenters. The van der Waals surface area contributed by atoms with Gasteiger partial charge in [-0.25, -0.2) is 0 Å². The molecule has 0 N–H and O–H groups in total. The van der Waals surface area contributed by atoms with Crippen LogP contribution >= 0.6 is 0 Å². The average molecular weight is 297 g/mol. The van der Waals surface area contributed by atoms with Gasteiger partial charge in [0.05, 0.1) is 6.61 Å². The summed E-state index contributed by atoms with van der Waals surface area (Å²) in [6, 6.07) is 11.4. The van der Waals surface area contributed by atoms with Crippen LogP contribution in [0.3, 0.4) is 0 Å². The Morgan fingerprint density at radius 2 is 1.76 bits per heavy atom. The molecule has 5 nitrogen and oxygen atoms in total. The lowest BCUT2D eigenvalue weighted by molar-refractivity contribution is 0.340. The number of nitrogens with zero attached hydrogens (tertiary/aromatic N) is 4. The van der Waals surface area contributed by atoms with Crippen LogP contribution in [0.15, 0.2) is 53.9 Å². The molecule has 2 aromatic heterocycles. The summed E-state index contributed by atoms with van der Waals surface area (Å²) in [6.07, 6.45) is 3.44. The van der Waals surface area contributed by atoms with Crippen LogP contribution < -0.4 is 4.74 Å². The molecule has 1 aromatic carbocycles. The Hall–Kier alpha value is -2.47. The first-order valence-electron chi connectivity index (χ1n) is 6.55. The molecule has 0 bridgehead atoms. The SMILES string of the molecule is CCOc1ccc(-n2c([S-])nnc2-c2ccncc2)cc1. The monoisotopic (exact) mass is 297 g/mol. The van der Waals surface area contributed by atoms with Crippen molar-refractivity contribution >= 4 is 12.6 Å². The second-order valence-corrected chi connectivity index (χ2v) is 4.67. The first-order valence-corrected chi connectivity index (χ1v) is 6.96. The van der Waals surface area contributed by atoms with Crippen molar-refractivity contribution in [3.63, 3.8) is 0 Å². The van der Waals surface area contributed by atoms with E-state index < -0.39 is 0 Å². The first kappa shape index (κ1) is 13.5. The van der Waals surface area contributed by atoms with Gasteiger partial charge in [-0.15, -0.1) is 5.10 Å². The Morgan fingerprint density at radius 3 is 2.43 bits per heavy atom. The zero-order chi connectivity index (χ0) is 14.7. The number of aromatic nitrogens is 4. The quantitative estimate of drug-likeness (QED) is 0.693. The van der Waals surface area contributed by atoms with Crippen molar-refractivity contribution in [2.75, 3.05) is 6.61 Å². The Bertz CT molecular complexity index is 725. The number of hydrogen-bond acceptors (Lipinski definition) is 5. The molecular weight excluding hydrogens is 284 g/mol. The molecule has 0 fully saturated rings. The Morgan fingerprint density at radius 1 is 1.05 bits per heavy atom. The van der Waals surface area contributed by atoms with E-state index in [-0.39, 0.29) is 0 Å². The van der Waals surface area contributed by atoms with Crippen molar-refractivity contribution in [2.24, 2.45) is 0 Å². The molecule has 3 rings (SSSR count). The number of hydrogen-bond donors (Lipinski definition) is 0. The molecule has 0 atom stereocenters. The normalized spacial score (nSPS) is 10.5. The van der Waals surface area contributed by atoms with Crippen LogP contribution in [0.25, 0.3) is 17.1 Å². The van der Waals surface area contributed by atoms with Gasteiger partial charge in [-0.2, -0.15) is 5.10 Å². The fourth-order valence-electron chi connectivity index (χ4n) is 2.05. The lowest BCUT2D eigenvalue weighted by atomic mass is 10.2. The van der Waals surface area contributed by atoms with Crippen LogP contribution in [-0.4, -0.2) is 26.4 Å². The highest BCUT2D eigenvalue weighted by Gasteiger charge is 2.09. The summed E-state index contributed by atoms with van der Waals surface area (Å²) < 4.78 is 7.28. The summed E-state index contributed by atoms with van der Waals surface area (Å²) in [6.45, 7) is 2.59. The van der Waals surface area contributed by atoms with Crippen LogP contribution in [0, 0.1) is 0 Å². The van der Waals surface area contributed by atoms with E-state index in [0.29, 0.717) is 17.6 Å². The van der Waals surface area contributed by atoms with E-state index in [0.717, 1.165) is 17.0 Å². The van der Waals surface area contributed by atoms with Crippen LogP contribution in [0.4, 0.5) is 0 Å². The fourth-order valence-corrected chi connectivity index (χ4v) is 2.28. The molecule has 0 aliphatic heterocycles. The zero-order valence-corrected chi connectivity index (χ0v) is 12.2. The maximum Gasteiger partial charge on any atom is 0.167 e. The molecular formula is C15H13N4OS-. The third-order valence-electron chi connectivity index (χ3n) is 2.98. The molecule has 6 heteroatoms. The minimum Gasteiger partial charge on any atom is -0.740 e. The van der Waals surface area contributed by atoms with Gasteiger partial charge in [0.2, 0.25) is 0 Å². The molecule has 0 aliphatic rings. The van der Waals surface area contributed by atoms with Gasteiger partial charge in [0, 0.05) is 28.8 Å². The lowest BCUT2D eigenvalue weighted by Crippen LogP contribution is -2.00. The molecule has 0 saturated heterocycles. The van der Waals surface area contributed by atoms with E-state index in [1.54, 1.807) is 12.4 Å². The van der Waals surface area contributed by atoms with Crippen molar-refractivity contribution in [1.82, 2.24) is 19.7 Å². The molecule has 21 heavy (non-hydrogen) atoms. The van der Waals surface area contributed by atoms with E-state index in [1.807, 2.05) is 47.9 Å². The molecule has 0 radical (unpaired) electrons. The second kappa shape index (κ2) is 5.88. The number of rotatable bonds is 4. The summed E-state index contributed by atoms with van der Waals surface area (Å²) in [7, 11) is 0. The van der Waals surface area contributed by atoms with Crippen LogP contribution in [-0.2, 0) is 12.6 Å². The summed E-state index contributed by atoms with van der Waals surface area (Å²) in [5.41, 5.74) is 1.82. The molecule has 0 spiro atoms. The van der Waals surface area contributed by atoms with Gasteiger partial charge in [0.1, 0.15) is 5.75 Å². The lowest BCUT2D eigenvalue weighted by Gasteiger charge is -2.13. The molecule has 106 valence electrons. The highest BCUT2D eigenvalue weighted by atomic mass is 32.1. The second-order valence-electron chi connectivity index (χ2n) is 4.30. The van der Waals surface area contributed by atoms with Gasteiger partial charge in [-0.3, -0.25) is 9.55 Å². The van der Waals surface area contributed by atoms with Gasteiger partial charge in [-0.05, 0) is 43.3 Å². The largest absolute Gasteiger partial charge is 0.740 e. The molecule has 0 aliphatic carbocycles. The minimum absolute atomic E-state index is 0.422. The summed E-state index contributed by atoms with van der Waals surface area (Å²) in [4.78, 5) is 4.01. The van der Waals surface area contributed by atoms with Crippen molar-refractivity contribution < 1.29 is 4.74 Å². The third kappa shape index (κ3) is 2.71. The predicted molar refractivity (Wildman–Crippen MR) is 81.4 cm³/mol. The average Bonchev–Trinajstić information content (AvgIpc) is 2.91. The van der Waals surface area contributed by atoms with Gasteiger partial charge in [0.25, 0.3) is 0 Å². The van der Waals surface area contributed by atoms with E-state index in [1.165, 1.54) is 0 Å². The van der Waals surface area contributed by atoms with Crippen molar-refractivity contribution in [3.05, 3.63) is 48.8 Å². The van der Waals surface area contributed by atoms with E-state index in [9.17, 15) is 0 Å². The van der Waals surface area contributed by atoms with Crippen LogP contribution in [0.2, 0.25) is 0 Å². The van der Waals surface area contributed by atoms with Crippen LogP contribution in [0.1, 0.15) is 6.92 Å². The Labute approximate surface area is 128 Å². The summed E-state index contributed by atoms with van der Waals surface area (Å²) in [5.74, 6) is 1.53. The molecule has 0 saturated carbocycles. The van der Waals surface area contributed by atoms with Crippen LogP contribution in [0.5, 0.6) is 5.75 Å². The summed E-state index contributed by atoms with van der Waals surface area (Å²) >= 11 is 5.28. The maximum atomic E-state index is 5.45. The fraction of sp³-hybridized carbons (Fsp3) is 0.133. The minimum atomic E-state index is 0.422. The van der Waals surface area contributed by atoms with Crippen molar-refractivity contribution in [2.45, 2.75) is 12.1 Å². The topological polar surface area (TPSA) is 52.8 Å². The standard InChI is InChI=1S/C15H14N4OS/c1-2-20-13-5-3-12(4-6-13)19-14(17-18-15(19)21)11-7-9-16-10-8-11/h3-10H,2H2,1H3,(H,18,21)/p-1. The van der Waals surface area contributed by atoms with Gasteiger partial charge in [-0.1, -0.05) is 0 Å². The highest BCUT2D eigenvalue weighted by Crippen LogP contribution is 2.23. The number of ether oxygens (including phenoxy) is 1. The third-order valence-corrected chi connectivity index (χ3v) is 3.24. The Balaban J connectivity index is 2.04. The number of pyridine rings is 1. The van der Waals surface area contributed by atoms with Gasteiger partial charge < -0.3 is 17.4 Å². The van der Waals surface area contributed by atoms with Crippen molar-refractivity contribution in [3.8, 4) is 22.8 Å². The van der Waals surface area contributed by atoms with E-state index in [2.05, 4.69) is 15.2 Å². The van der Waals surface area contributed by atoms with Gasteiger partial charge >= 0.3 is 0 Å². The molecule has 3 aromatic rings. The van der Waals surface area contributed by atoms with E-state index in [4.69, 9.17) is 17.4 Å². The zero-order valence-electron chi connectivity index (χ0n) is 11.4. The summed E-state index contributed by atoms with van der Waals surface area (Å²) in [5, 5.41) is 8.60.